The van der Waals surface area contributed by atoms with Crippen molar-refractivity contribution in [2.45, 2.75) is 6.10 Å². The molecule has 0 aromatic heterocycles. The van der Waals surface area contributed by atoms with Gasteiger partial charge in [-0.2, -0.15) is 0 Å². The van der Waals surface area contributed by atoms with Crippen molar-refractivity contribution in [1.82, 2.24) is 0 Å². The van der Waals surface area contributed by atoms with Gasteiger partial charge in [-0.25, -0.2) is 4.79 Å². The summed E-state index contributed by atoms with van der Waals surface area (Å²) in [5, 5.41) is 0. The standard InChI is InChI=1S/C16H28O8/c1-2-16(17)24-14-15-13-22-10-9-20-6-5-18-3-4-19-7-8-21-11-12-23-15/h2,15H,1,3-14H2. The summed E-state index contributed by atoms with van der Waals surface area (Å²) < 4.78 is 37.6. The third-order valence-electron chi connectivity index (χ3n) is 2.95. The van der Waals surface area contributed by atoms with E-state index in [-0.39, 0.29) is 12.7 Å². The van der Waals surface area contributed by atoms with E-state index in [2.05, 4.69) is 6.58 Å². The third-order valence-corrected chi connectivity index (χ3v) is 2.95. The van der Waals surface area contributed by atoms with E-state index in [1.165, 1.54) is 0 Å². The second-order valence-electron chi connectivity index (χ2n) is 4.85. The Morgan fingerprint density at radius 3 is 1.79 bits per heavy atom. The molecule has 1 unspecified atom stereocenters. The Kier molecular flexibility index (Phi) is 13.6. The van der Waals surface area contributed by atoms with Crippen LogP contribution in [-0.4, -0.2) is 91.4 Å². The van der Waals surface area contributed by atoms with Gasteiger partial charge < -0.3 is 33.2 Å². The van der Waals surface area contributed by atoms with E-state index in [9.17, 15) is 4.79 Å². The molecule has 24 heavy (non-hydrogen) atoms. The average Bonchev–Trinajstić information content (AvgIpc) is 2.60. The Morgan fingerprint density at radius 1 is 0.833 bits per heavy atom. The molecule has 0 bridgehead atoms. The van der Waals surface area contributed by atoms with Gasteiger partial charge in [0.2, 0.25) is 0 Å². The minimum absolute atomic E-state index is 0.0999. The second-order valence-corrected chi connectivity index (χ2v) is 4.85. The van der Waals surface area contributed by atoms with Gasteiger partial charge in [0.15, 0.2) is 0 Å². The van der Waals surface area contributed by atoms with Gasteiger partial charge in [0.05, 0.1) is 72.7 Å². The van der Waals surface area contributed by atoms with Crippen LogP contribution in [0.2, 0.25) is 0 Å². The van der Waals surface area contributed by atoms with Crippen LogP contribution in [0.5, 0.6) is 0 Å². The number of ether oxygens (including phenoxy) is 7. The fourth-order valence-corrected chi connectivity index (χ4v) is 1.75. The normalized spacial score (nSPS) is 23.6. The molecule has 1 aliphatic heterocycles. The van der Waals surface area contributed by atoms with Crippen LogP contribution in [0.25, 0.3) is 0 Å². The lowest BCUT2D eigenvalue weighted by atomic mass is 10.4. The molecule has 8 nitrogen and oxygen atoms in total. The number of rotatable bonds is 3. The second kappa shape index (κ2) is 15.5. The Morgan fingerprint density at radius 2 is 1.29 bits per heavy atom. The zero-order valence-electron chi connectivity index (χ0n) is 14.1. The molecule has 0 aromatic carbocycles. The van der Waals surface area contributed by atoms with Gasteiger partial charge in [-0.1, -0.05) is 6.58 Å². The molecule has 0 saturated carbocycles. The van der Waals surface area contributed by atoms with E-state index in [0.29, 0.717) is 72.7 Å². The summed E-state index contributed by atoms with van der Waals surface area (Å²) in [6.45, 7) is 8.51. The Balaban J connectivity index is 2.28. The minimum Gasteiger partial charge on any atom is -0.460 e. The average molecular weight is 348 g/mol. The van der Waals surface area contributed by atoms with E-state index in [0.717, 1.165) is 6.08 Å². The Hall–Kier alpha value is -1.03. The lowest BCUT2D eigenvalue weighted by Gasteiger charge is -2.18. The van der Waals surface area contributed by atoms with E-state index in [4.69, 9.17) is 33.2 Å². The zero-order chi connectivity index (χ0) is 17.3. The van der Waals surface area contributed by atoms with Crippen molar-refractivity contribution in [1.29, 1.82) is 0 Å². The fourth-order valence-electron chi connectivity index (χ4n) is 1.75. The van der Waals surface area contributed by atoms with Gasteiger partial charge in [-0.3, -0.25) is 0 Å². The van der Waals surface area contributed by atoms with Crippen LogP contribution in [0.3, 0.4) is 0 Å². The first-order valence-corrected chi connectivity index (χ1v) is 8.12. The SMILES string of the molecule is C=CC(=O)OCC1COCCOCCOCCOCCOCCO1. The molecule has 1 heterocycles. The molecule has 0 aromatic rings. The summed E-state index contributed by atoms with van der Waals surface area (Å²) in [7, 11) is 0. The highest BCUT2D eigenvalue weighted by atomic mass is 16.6. The van der Waals surface area contributed by atoms with Crippen LogP contribution < -0.4 is 0 Å². The predicted molar refractivity (Wildman–Crippen MR) is 85.0 cm³/mol. The summed E-state index contributed by atoms with van der Waals surface area (Å²) in [5.74, 6) is -0.491. The monoisotopic (exact) mass is 348 g/mol. The Bertz CT molecular complexity index is 305. The largest absolute Gasteiger partial charge is 0.460 e. The number of hydrogen-bond acceptors (Lipinski definition) is 8. The van der Waals surface area contributed by atoms with E-state index in [1.807, 2.05) is 0 Å². The zero-order valence-corrected chi connectivity index (χ0v) is 14.1. The highest BCUT2D eigenvalue weighted by Gasteiger charge is 2.12. The molecule has 0 amide bonds. The third kappa shape index (κ3) is 12.4. The van der Waals surface area contributed by atoms with Gasteiger partial charge in [0.25, 0.3) is 0 Å². The first kappa shape index (κ1) is 21.0. The van der Waals surface area contributed by atoms with Crippen LogP contribution in [0.1, 0.15) is 0 Å². The number of esters is 1. The summed E-state index contributed by atoms with van der Waals surface area (Å²) in [5.41, 5.74) is 0. The van der Waals surface area contributed by atoms with Crippen molar-refractivity contribution >= 4 is 5.97 Å². The van der Waals surface area contributed by atoms with Crippen LogP contribution in [-0.2, 0) is 38.0 Å². The number of carbonyl (C=O) groups excluding carboxylic acids is 1. The maximum atomic E-state index is 11.1. The lowest BCUT2D eigenvalue weighted by Crippen LogP contribution is -2.29. The molecule has 0 spiro atoms. The van der Waals surface area contributed by atoms with Crippen LogP contribution >= 0.6 is 0 Å². The van der Waals surface area contributed by atoms with E-state index < -0.39 is 5.97 Å². The molecule has 0 N–H and O–H groups in total. The molecule has 1 saturated heterocycles. The fraction of sp³-hybridized carbons (Fsp3) is 0.812. The smallest absolute Gasteiger partial charge is 0.330 e. The van der Waals surface area contributed by atoms with Gasteiger partial charge >= 0.3 is 5.97 Å². The molecule has 1 fully saturated rings. The van der Waals surface area contributed by atoms with Crippen LogP contribution in [0.15, 0.2) is 12.7 Å². The van der Waals surface area contributed by atoms with Crippen LogP contribution in [0.4, 0.5) is 0 Å². The summed E-state index contributed by atoms with van der Waals surface area (Å²) in [6, 6.07) is 0. The minimum atomic E-state index is -0.491. The number of hydrogen-bond donors (Lipinski definition) is 0. The molecule has 1 atom stereocenters. The lowest BCUT2D eigenvalue weighted by molar-refractivity contribution is -0.145. The number of carbonyl (C=O) groups is 1. The van der Waals surface area contributed by atoms with Gasteiger partial charge in [-0.05, 0) is 0 Å². The van der Waals surface area contributed by atoms with Gasteiger partial charge in [0.1, 0.15) is 12.7 Å². The summed E-state index contributed by atoms with van der Waals surface area (Å²) in [6.07, 6.45) is 0.747. The Labute approximate surface area is 142 Å². The molecular weight excluding hydrogens is 320 g/mol. The molecule has 1 rings (SSSR count). The van der Waals surface area contributed by atoms with Crippen molar-refractivity contribution in [2.24, 2.45) is 0 Å². The first-order valence-electron chi connectivity index (χ1n) is 8.12. The predicted octanol–water partition coefficient (Wildman–Crippen LogP) is 0.197. The van der Waals surface area contributed by atoms with Crippen molar-refractivity contribution < 1.29 is 38.0 Å². The highest BCUT2D eigenvalue weighted by Crippen LogP contribution is 1.98. The van der Waals surface area contributed by atoms with E-state index >= 15 is 0 Å². The molecule has 1 aliphatic rings. The molecule has 8 heteroatoms. The maximum absolute atomic E-state index is 11.1. The van der Waals surface area contributed by atoms with E-state index in [1.54, 1.807) is 0 Å². The van der Waals surface area contributed by atoms with Crippen molar-refractivity contribution in [2.75, 3.05) is 79.3 Å². The van der Waals surface area contributed by atoms with Crippen molar-refractivity contribution in [3.05, 3.63) is 12.7 Å². The van der Waals surface area contributed by atoms with Gasteiger partial charge in [-0.15, -0.1) is 0 Å². The van der Waals surface area contributed by atoms with Crippen molar-refractivity contribution in [3.63, 3.8) is 0 Å². The van der Waals surface area contributed by atoms with Crippen LogP contribution in [0, 0.1) is 0 Å². The summed E-state index contributed by atoms with van der Waals surface area (Å²) >= 11 is 0. The highest BCUT2D eigenvalue weighted by molar-refractivity contribution is 5.81. The molecule has 0 radical (unpaired) electrons. The maximum Gasteiger partial charge on any atom is 0.330 e. The first-order chi connectivity index (χ1) is 11.8. The quantitative estimate of drug-likeness (QED) is 0.528. The molecule has 0 aliphatic carbocycles. The molecule has 140 valence electrons. The van der Waals surface area contributed by atoms with Gasteiger partial charge in [0, 0.05) is 6.08 Å². The summed E-state index contributed by atoms with van der Waals surface area (Å²) in [4.78, 5) is 11.1. The topological polar surface area (TPSA) is 81.7 Å². The molecular formula is C16H28O8. The van der Waals surface area contributed by atoms with Crippen molar-refractivity contribution in [3.8, 4) is 0 Å².